The Morgan fingerprint density at radius 2 is 2.28 bits per heavy atom. The van der Waals surface area contributed by atoms with Gasteiger partial charge in [-0.1, -0.05) is 12.1 Å². The zero-order chi connectivity index (χ0) is 12.4. The average molecular weight is 239 g/mol. The van der Waals surface area contributed by atoms with Crippen molar-refractivity contribution in [2.75, 3.05) is 5.32 Å². The van der Waals surface area contributed by atoms with Crippen molar-refractivity contribution in [1.29, 1.82) is 0 Å². The highest BCUT2D eigenvalue weighted by Crippen LogP contribution is 2.22. The number of aliphatic hydroxyl groups excluding tert-OH is 1. The number of aromatic nitrogens is 3. The zero-order valence-corrected chi connectivity index (χ0v) is 9.51. The highest BCUT2D eigenvalue weighted by Gasteiger charge is 2.05. The molecule has 1 radical (unpaired) electrons. The molecule has 89 valence electrons. The van der Waals surface area contributed by atoms with Crippen molar-refractivity contribution in [3.63, 3.8) is 0 Å². The summed E-state index contributed by atoms with van der Waals surface area (Å²) in [7, 11) is 0. The topological polar surface area (TPSA) is 73.8 Å². The molecular weight excluding hydrogens is 228 g/mol. The number of anilines is 2. The standard InChI is InChI=1S/C13H11N4O/c18-7-9-2-1-3-10(6-9)17-13-11-4-5-14-12(11)15-8-16-13/h1-3,5-6,8,18H,7H2,(H2,14,15,16,17). The zero-order valence-electron chi connectivity index (χ0n) is 9.51. The molecule has 0 saturated carbocycles. The van der Waals surface area contributed by atoms with Crippen molar-refractivity contribution in [1.82, 2.24) is 15.0 Å². The number of nitrogens with one attached hydrogen (secondary N) is 2. The first-order valence-electron chi connectivity index (χ1n) is 5.53. The Morgan fingerprint density at radius 1 is 1.33 bits per heavy atom. The Bertz CT molecular complexity index is 677. The molecule has 3 aromatic rings. The number of hydrogen-bond donors (Lipinski definition) is 3. The molecular formula is C13H11N4O. The van der Waals surface area contributed by atoms with Gasteiger partial charge in [0.05, 0.1) is 12.0 Å². The van der Waals surface area contributed by atoms with E-state index in [1.54, 1.807) is 6.20 Å². The fourth-order valence-electron chi connectivity index (χ4n) is 1.79. The van der Waals surface area contributed by atoms with Crippen molar-refractivity contribution < 1.29 is 5.11 Å². The Hall–Kier alpha value is -2.40. The summed E-state index contributed by atoms with van der Waals surface area (Å²) < 4.78 is 0. The van der Waals surface area contributed by atoms with Crippen LogP contribution in [-0.4, -0.2) is 20.1 Å². The van der Waals surface area contributed by atoms with Crippen LogP contribution in [0.15, 0.2) is 36.8 Å². The van der Waals surface area contributed by atoms with Crippen molar-refractivity contribution in [2.24, 2.45) is 0 Å². The SMILES string of the molecule is OCc1cccc(Nc2ncnc3[nH]c[c]c23)c1. The van der Waals surface area contributed by atoms with Crippen LogP contribution in [0.5, 0.6) is 0 Å². The number of aliphatic hydroxyl groups is 1. The minimum atomic E-state index is 0.0188. The predicted molar refractivity (Wildman–Crippen MR) is 68.4 cm³/mol. The molecule has 5 nitrogen and oxygen atoms in total. The van der Waals surface area contributed by atoms with Crippen LogP contribution in [0.1, 0.15) is 5.56 Å². The number of benzene rings is 1. The monoisotopic (exact) mass is 239 g/mol. The normalized spacial score (nSPS) is 10.7. The summed E-state index contributed by atoms with van der Waals surface area (Å²) in [5.41, 5.74) is 2.46. The molecule has 0 fully saturated rings. The third-order valence-corrected chi connectivity index (χ3v) is 2.64. The van der Waals surface area contributed by atoms with Gasteiger partial charge in [-0.3, -0.25) is 0 Å². The Balaban J connectivity index is 1.98. The molecule has 0 spiro atoms. The molecule has 0 aliphatic rings. The first kappa shape index (κ1) is 10.7. The van der Waals surface area contributed by atoms with Gasteiger partial charge in [-0.05, 0) is 17.7 Å². The first-order chi connectivity index (χ1) is 8.86. The minimum absolute atomic E-state index is 0.0188. The molecule has 1 aromatic carbocycles. The van der Waals surface area contributed by atoms with Crippen molar-refractivity contribution in [2.45, 2.75) is 6.61 Å². The number of fused-ring (bicyclic) bond motifs is 1. The lowest BCUT2D eigenvalue weighted by atomic mass is 10.2. The maximum absolute atomic E-state index is 9.10. The fraction of sp³-hybridized carbons (Fsp3) is 0.0769. The summed E-state index contributed by atoms with van der Waals surface area (Å²) in [5.74, 6) is 0.691. The predicted octanol–water partition coefficient (Wildman–Crippen LogP) is 1.99. The molecule has 0 atom stereocenters. The van der Waals surface area contributed by atoms with Crippen LogP contribution in [0.2, 0.25) is 0 Å². The van der Waals surface area contributed by atoms with Gasteiger partial charge in [0.1, 0.15) is 17.8 Å². The van der Waals surface area contributed by atoms with E-state index in [0.717, 1.165) is 22.3 Å². The molecule has 0 amide bonds. The smallest absolute Gasteiger partial charge is 0.143 e. The van der Waals surface area contributed by atoms with E-state index < -0.39 is 0 Å². The number of hydrogen-bond acceptors (Lipinski definition) is 4. The maximum atomic E-state index is 9.10. The largest absolute Gasteiger partial charge is 0.392 e. The van der Waals surface area contributed by atoms with Crippen LogP contribution in [-0.2, 0) is 6.61 Å². The number of rotatable bonds is 3. The number of H-pyrrole nitrogens is 1. The van der Waals surface area contributed by atoms with Gasteiger partial charge >= 0.3 is 0 Å². The second-order valence-electron chi connectivity index (χ2n) is 3.86. The fourth-order valence-corrected chi connectivity index (χ4v) is 1.79. The quantitative estimate of drug-likeness (QED) is 0.653. The third-order valence-electron chi connectivity index (χ3n) is 2.64. The van der Waals surface area contributed by atoms with Gasteiger partial charge in [0.25, 0.3) is 0 Å². The summed E-state index contributed by atoms with van der Waals surface area (Å²) in [6.45, 7) is 0.0188. The molecule has 3 N–H and O–H groups in total. The van der Waals surface area contributed by atoms with E-state index >= 15 is 0 Å². The van der Waals surface area contributed by atoms with Gasteiger partial charge in [0.2, 0.25) is 0 Å². The molecule has 0 aliphatic carbocycles. The molecule has 2 aromatic heterocycles. The molecule has 5 heteroatoms. The highest BCUT2D eigenvalue weighted by atomic mass is 16.3. The van der Waals surface area contributed by atoms with Crippen LogP contribution in [0.3, 0.4) is 0 Å². The molecule has 0 aliphatic heterocycles. The van der Waals surface area contributed by atoms with Gasteiger partial charge < -0.3 is 15.4 Å². The van der Waals surface area contributed by atoms with E-state index in [9.17, 15) is 0 Å². The second-order valence-corrected chi connectivity index (χ2v) is 3.86. The van der Waals surface area contributed by atoms with Crippen LogP contribution < -0.4 is 5.32 Å². The summed E-state index contributed by atoms with van der Waals surface area (Å²) in [5, 5.41) is 13.1. The summed E-state index contributed by atoms with van der Waals surface area (Å²) in [6, 6.07) is 10.6. The van der Waals surface area contributed by atoms with Crippen LogP contribution >= 0.6 is 0 Å². The molecule has 0 bridgehead atoms. The van der Waals surface area contributed by atoms with Crippen molar-refractivity contribution in [3.05, 3.63) is 48.4 Å². The lowest BCUT2D eigenvalue weighted by Gasteiger charge is -2.07. The number of nitrogens with zero attached hydrogens (tertiary/aromatic N) is 2. The maximum Gasteiger partial charge on any atom is 0.143 e. The van der Waals surface area contributed by atoms with Gasteiger partial charge in [0.15, 0.2) is 0 Å². The Kier molecular flexibility index (Phi) is 2.66. The summed E-state index contributed by atoms with van der Waals surface area (Å²) in [4.78, 5) is 11.3. The Labute approximate surface area is 104 Å². The third kappa shape index (κ3) is 1.91. The lowest BCUT2D eigenvalue weighted by Crippen LogP contribution is -1.96. The van der Waals surface area contributed by atoms with E-state index in [1.165, 1.54) is 6.33 Å². The average Bonchev–Trinajstić information content (AvgIpc) is 2.88. The van der Waals surface area contributed by atoms with Crippen LogP contribution in [0.4, 0.5) is 11.5 Å². The van der Waals surface area contributed by atoms with Gasteiger partial charge in [-0.2, -0.15) is 0 Å². The van der Waals surface area contributed by atoms with E-state index in [-0.39, 0.29) is 6.61 Å². The van der Waals surface area contributed by atoms with E-state index in [2.05, 4.69) is 26.3 Å². The molecule has 18 heavy (non-hydrogen) atoms. The van der Waals surface area contributed by atoms with Crippen LogP contribution in [0.25, 0.3) is 11.0 Å². The first-order valence-corrected chi connectivity index (χ1v) is 5.53. The summed E-state index contributed by atoms with van der Waals surface area (Å²) >= 11 is 0. The van der Waals surface area contributed by atoms with Crippen molar-refractivity contribution >= 4 is 22.5 Å². The van der Waals surface area contributed by atoms with Crippen molar-refractivity contribution in [3.8, 4) is 0 Å². The van der Waals surface area contributed by atoms with E-state index in [0.29, 0.717) is 5.82 Å². The molecule has 3 rings (SSSR count). The lowest BCUT2D eigenvalue weighted by molar-refractivity contribution is 0.282. The Morgan fingerprint density at radius 3 is 3.17 bits per heavy atom. The highest BCUT2D eigenvalue weighted by molar-refractivity contribution is 5.88. The second kappa shape index (κ2) is 4.46. The van der Waals surface area contributed by atoms with Gasteiger partial charge in [-0.15, -0.1) is 0 Å². The number of aromatic amines is 1. The van der Waals surface area contributed by atoms with Crippen LogP contribution in [0, 0.1) is 6.07 Å². The molecule has 2 heterocycles. The molecule has 0 saturated heterocycles. The molecule has 0 unspecified atom stereocenters. The van der Waals surface area contributed by atoms with E-state index in [4.69, 9.17) is 5.11 Å². The summed E-state index contributed by atoms with van der Waals surface area (Å²) in [6.07, 6.45) is 3.19. The minimum Gasteiger partial charge on any atom is -0.392 e. The van der Waals surface area contributed by atoms with Gasteiger partial charge in [0, 0.05) is 18.0 Å². The van der Waals surface area contributed by atoms with Gasteiger partial charge in [-0.25, -0.2) is 9.97 Å². The van der Waals surface area contributed by atoms with E-state index in [1.807, 2.05) is 24.3 Å².